The highest BCUT2D eigenvalue weighted by molar-refractivity contribution is 7.99. The van der Waals surface area contributed by atoms with Crippen molar-refractivity contribution < 1.29 is 9.90 Å². The molecule has 0 atom stereocenters. The number of carboxylic acids is 1. The molecule has 0 aromatic carbocycles. The van der Waals surface area contributed by atoms with Crippen LogP contribution in [0.5, 0.6) is 0 Å². The summed E-state index contributed by atoms with van der Waals surface area (Å²) in [6, 6.07) is 0. The third-order valence-corrected chi connectivity index (χ3v) is 3.92. The van der Waals surface area contributed by atoms with Crippen molar-refractivity contribution in [3.8, 4) is 0 Å². The van der Waals surface area contributed by atoms with Crippen molar-refractivity contribution in [3.63, 3.8) is 0 Å². The van der Waals surface area contributed by atoms with Crippen LogP contribution in [-0.2, 0) is 18.4 Å². The summed E-state index contributed by atoms with van der Waals surface area (Å²) in [4.78, 5) is 40.8. The second-order valence-electron chi connectivity index (χ2n) is 4.90. The van der Waals surface area contributed by atoms with Crippen molar-refractivity contribution in [2.75, 3.05) is 5.75 Å². The highest BCUT2D eigenvalue weighted by Crippen LogP contribution is 2.22. The molecule has 0 spiro atoms. The maximum atomic E-state index is 12.1. The summed E-state index contributed by atoms with van der Waals surface area (Å²) in [7, 11) is 1.51. The Balaban J connectivity index is 2.59. The van der Waals surface area contributed by atoms with E-state index >= 15 is 0 Å². The van der Waals surface area contributed by atoms with Crippen LogP contribution in [0.25, 0.3) is 11.2 Å². The predicted molar refractivity (Wildman–Crippen MR) is 80.8 cm³/mol. The average Bonchev–Trinajstić information content (AvgIpc) is 2.74. The molecule has 9 heteroatoms. The predicted octanol–water partition coefficient (Wildman–Crippen LogP) is -0.768. The van der Waals surface area contributed by atoms with E-state index in [1.165, 1.54) is 23.4 Å². The molecule has 0 aliphatic heterocycles. The van der Waals surface area contributed by atoms with E-state index in [0.717, 1.165) is 5.57 Å². The molecule has 2 heterocycles. The van der Waals surface area contributed by atoms with Gasteiger partial charge in [0.25, 0.3) is 5.56 Å². The summed E-state index contributed by atoms with van der Waals surface area (Å²) >= 11 is 1.19. The maximum absolute atomic E-state index is 12.1. The van der Waals surface area contributed by atoms with E-state index in [1.807, 2.05) is 0 Å². The number of H-pyrrole nitrogens is 1. The number of hydrogen-bond acceptors (Lipinski definition) is 6. The number of aromatic nitrogens is 4. The molecule has 0 unspecified atom stereocenters. The van der Waals surface area contributed by atoms with Gasteiger partial charge in [0.05, 0.1) is 0 Å². The van der Waals surface area contributed by atoms with E-state index in [4.69, 9.17) is 0 Å². The fraction of sp³-hybridized carbons (Fsp3) is 0.385. The Kier molecular flexibility index (Phi) is 4.55. The zero-order valence-corrected chi connectivity index (χ0v) is 13.0. The number of fused-ring (bicyclic) bond motifs is 1. The molecule has 0 bridgehead atoms. The molecule has 0 saturated heterocycles. The third-order valence-electron chi connectivity index (χ3n) is 2.94. The number of carbonyl (C=O) groups excluding carboxylic acids is 1. The fourth-order valence-electron chi connectivity index (χ4n) is 1.97. The van der Waals surface area contributed by atoms with Gasteiger partial charge in [0.15, 0.2) is 16.3 Å². The van der Waals surface area contributed by atoms with Gasteiger partial charge in [0, 0.05) is 25.3 Å². The van der Waals surface area contributed by atoms with Crippen LogP contribution in [0.15, 0.2) is 26.9 Å². The first-order valence-corrected chi connectivity index (χ1v) is 7.46. The minimum atomic E-state index is -1.15. The van der Waals surface area contributed by atoms with Crippen molar-refractivity contribution >= 4 is 28.9 Å². The number of nitrogens with zero attached hydrogens (tertiary/aromatic N) is 3. The lowest BCUT2D eigenvalue weighted by Crippen LogP contribution is -2.29. The molecule has 2 aromatic rings. The molecule has 0 aliphatic carbocycles. The lowest BCUT2D eigenvalue weighted by molar-refractivity contribution is -0.305. The Bertz CT molecular complexity index is 861. The minimum absolute atomic E-state index is 0.129. The van der Waals surface area contributed by atoms with E-state index in [9.17, 15) is 19.5 Å². The molecule has 0 aliphatic rings. The van der Waals surface area contributed by atoms with Gasteiger partial charge < -0.3 is 14.5 Å². The summed E-state index contributed by atoms with van der Waals surface area (Å²) in [5.74, 6) is -0.895. The number of aryl methyl sites for hydroxylation is 1. The fourth-order valence-corrected chi connectivity index (χ4v) is 2.88. The third kappa shape index (κ3) is 3.14. The van der Waals surface area contributed by atoms with Gasteiger partial charge in [0.1, 0.15) is 0 Å². The second-order valence-corrected chi connectivity index (χ2v) is 5.96. The Hall–Kier alpha value is -2.29. The molecule has 0 radical (unpaired) electrons. The van der Waals surface area contributed by atoms with E-state index in [0.29, 0.717) is 11.7 Å². The number of carbonyl (C=O) groups is 1. The Morgan fingerprint density at radius 1 is 1.45 bits per heavy atom. The first-order valence-electron chi connectivity index (χ1n) is 6.48. The number of allylic oxidation sites excluding steroid dienone is 1. The zero-order chi connectivity index (χ0) is 16.4. The molecule has 118 valence electrons. The van der Waals surface area contributed by atoms with Crippen LogP contribution < -0.4 is 16.4 Å². The number of thioether (sulfide) groups is 1. The Labute approximate surface area is 129 Å². The van der Waals surface area contributed by atoms with Crippen LogP contribution in [0.4, 0.5) is 0 Å². The van der Waals surface area contributed by atoms with E-state index < -0.39 is 17.2 Å². The summed E-state index contributed by atoms with van der Waals surface area (Å²) in [6.45, 7) is 5.97. The van der Waals surface area contributed by atoms with E-state index in [1.54, 1.807) is 11.5 Å². The molecule has 8 nitrogen and oxygen atoms in total. The largest absolute Gasteiger partial charge is 0.550 e. The van der Waals surface area contributed by atoms with E-state index in [2.05, 4.69) is 16.5 Å². The second kappa shape index (κ2) is 6.22. The lowest BCUT2D eigenvalue weighted by Gasteiger charge is -2.08. The molecule has 0 saturated carbocycles. The lowest BCUT2D eigenvalue weighted by atomic mass is 10.3. The highest BCUT2D eigenvalue weighted by Gasteiger charge is 2.17. The Morgan fingerprint density at radius 3 is 2.73 bits per heavy atom. The summed E-state index contributed by atoms with van der Waals surface area (Å²) in [5, 5.41) is 11.0. The van der Waals surface area contributed by atoms with E-state index in [-0.39, 0.29) is 23.3 Å². The van der Waals surface area contributed by atoms with Gasteiger partial charge in [-0.05, 0) is 13.3 Å². The van der Waals surface area contributed by atoms with Crippen LogP contribution in [0.2, 0.25) is 0 Å². The van der Waals surface area contributed by atoms with Gasteiger partial charge in [-0.1, -0.05) is 23.9 Å². The summed E-state index contributed by atoms with van der Waals surface area (Å²) < 4.78 is 2.88. The number of hydrogen-bond donors (Lipinski definition) is 1. The summed E-state index contributed by atoms with van der Waals surface area (Å²) in [5.41, 5.74) is 0.240. The molecule has 22 heavy (non-hydrogen) atoms. The number of aromatic amines is 1. The number of rotatable bonds is 6. The van der Waals surface area contributed by atoms with Crippen molar-refractivity contribution in [2.45, 2.75) is 25.0 Å². The molecular formula is C13H15N4O4S-. The van der Waals surface area contributed by atoms with Crippen molar-refractivity contribution in [1.29, 1.82) is 0 Å². The molecule has 0 fully saturated rings. The smallest absolute Gasteiger partial charge is 0.329 e. The molecule has 0 amide bonds. The number of aliphatic carboxylic acids is 1. The van der Waals surface area contributed by atoms with Crippen molar-refractivity contribution in [3.05, 3.63) is 33.0 Å². The first-order chi connectivity index (χ1) is 10.3. The zero-order valence-electron chi connectivity index (χ0n) is 12.2. The maximum Gasteiger partial charge on any atom is 0.329 e. The van der Waals surface area contributed by atoms with Crippen LogP contribution in [-0.4, -0.2) is 30.8 Å². The Morgan fingerprint density at radius 2 is 2.14 bits per heavy atom. The number of carboxylic acid groups (broad SMARTS) is 1. The van der Waals surface area contributed by atoms with Gasteiger partial charge in [-0.15, -0.1) is 0 Å². The van der Waals surface area contributed by atoms with Crippen molar-refractivity contribution in [1.82, 2.24) is 19.1 Å². The number of nitrogens with one attached hydrogen (secondary N) is 1. The van der Waals surface area contributed by atoms with Gasteiger partial charge in [0.2, 0.25) is 0 Å². The van der Waals surface area contributed by atoms with Crippen molar-refractivity contribution in [2.24, 2.45) is 7.05 Å². The molecule has 1 N–H and O–H groups in total. The van der Waals surface area contributed by atoms with Gasteiger partial charge in [-0.25, -0.2) is 9.78 Å². The quantitative estimate of drug-likeness (QED) is 0.552. The van der Waals surface area contributed by atoms with Gasteiger partial charge in [-0.3, -0.25) is 14.3 Å². The van der Waals surface area contributed by atoms with Gasteiger partial charge in [-0.2, -0.15) is 0 Å². The molecular weight excluding hydrogens is 308 g/mol. The van der Waals surface area contributed by atoms with Gasteiger partial charge >= 0.3 is 5.69 Å². The minimum Gasteiger partial charge on any atom is -0.550 e. The molecule has 2 aromatic heterocycles. The van der Waals surface area contributed by atoms with Crippen LogP contribution >= 0.6 is 11.8 Å². The molecule has 2 rings (SSSR count). The topological polar surface area (TPSA) is 113 Å². The SMILES string of the molecule is C=C(C)Cn1c(SCCC(=O)[O-])nc2c1c(=O)[nH]c(=O)n2C. The monoisotopic (exact) mass is 323 g/mol. The first kappa shape index (κ1) is 16.1. The normalized spacial score (nSPS) is 11.0. The highest BCUT2D eigenvalue weighted by atomic mass is 32.2. The standard InChI is InChI=1S/C13H16N4O4S/c1-7(2)6-17-9-10(16(3)12(21)15-11(9)20)14-13(17)22-5-4-8(18)19/h1,4-6H2,2-3H3,(H,18,19)(H,15,20,21)/p-1. The van der Waals surface area contributed by atoms with Crippen LogP contribution in [0.1, 0.15) is 13.3 Å². The number of imidazole rings is 1. The van der Waals surface area contributed by atoms with Crippen LogP contribution in [0.3, 0.4) is 0 Å². The summed E-state index contributed by atoms with van der Waals surface area (Å²) in [6.07, 6.45) is -0.129. The average molecular weight is 323 g/mol. The van der Waals surface area contributed by atoms with Crippen LogP contribution in [0, 0.1) is 0 Å².